The minimum absolute atomic E-state index is 0.0358. The third-order valence-corrected chi connectivity index (χ3v) is 8.14. The van der Waals surface area contributed by atoms with Crippen LogP contribution in [0.5, 0.6) is 0 Å². The number of amides is 2. The normalized spacial score (nSPS) is 24.7. The lowest BCUT2D eigenvalue weighted by atomic mass is 9.65. The van der Waals surface area contributed by atoms with Crippen LogP contribution in [0.15, 0.2) is 11.2 Å². The van der Waals surface area contributed by atoms with Crippen LogP contribution in [0.1, 0.15) is 86.6 Å². The van der Waals surface area contributed by atoms with E-state index in [0.29, 0.717) is 19.4 Å². The Balaban J connectivity index is 2.39. The average Bonchev–Trinajstić information content (AvgIpc) is 3.12. The van der Waals surface area contributed by atoms with Crippen molar-refractivity contribution in [2.24, 2.45) is 21.7 Å². The molecule has 5 nitrogen and oxygen atoms in total. The van der Waals surface area contributed by atoms with Gasteiger partial charge in [0.1, 0.15) is 4.67 Å². The van der Waals surface area contributed by atoms with Crippen molar-refractivity contribution in [1.29, 1.82) is 0 Å². The van der Waals surface area contributed by atoms with Crippen molar-refractivity contribution in [2.75, 3.05) is 6.54 Å². The van der Waals surface area contributed by atoms with Crippen molar-refractivity contribution in [2.45, 2.75) is 93.0 Å². The minimum atomic E-state index is -0.551. The summed E-state index contributed by atoms with van der Waals surface area (Å²) in [5.74, 6) is -0.270. The Morgan fingerprint density at radius 1 is 1.28 bits per heavy atom. The molecule has 0 radical (unpaired) electrons. The maximum atomic E-state index is 13.3. The maximum absolute atomic E-state index is 13.3. The van der Waals surface area contributed by atoms with Gasteiger partial charge in [-0.05, 0) is 70.3 Å². The minimum Gasteiger partial charge on any atom is -0.356 e. The monoisotopic (exact) mass is 421 g/mol. The highest BCUT2D eigenvalue weighted by Gasteiger charge is 2.57. The summed E-state index contributed by atoms with van der Waals surface area (Å²) in [5.41, 5.74) is 0.131. The van der Waals surface area contributed by atoms with Crippen LogP contribution < -0.4 is 9.99 Å². The van der Waals surface area contributed by atoms with Gasteiger partial charge in [0.25, 0.3) is 5.91 Å². The Hall–Kier alpha value is -1.43. The fourth-order valence-corrected chi connectivity index (χ4v) is 5.25. The molecule has 0 saturated heterocycles. The average molecular weight is 422 g/mol. The summed E-state index contributed by atoms with van der Waals surface area (Å²) in [6.45, 7) is 17.3. The fourth-order valence-electron chi connectivity index (χ4n) is 4.21. The van der Waals surface area contributed by atoms with E-state index < -0.39 is 10.8 Å². The molecule has 0 aromatic carbocycles. The van der Waals surface area contributed by atoms with Gasteiger partial charge in [-0.2, -0.15) is 0 Å². The molecular formula is C23H39N3O2S. The van der Waals surface area contributed by atoms with Gasteiger partial charge in [0, 0.05) is 29.8 Å². The number of aromatic nitrogens is 1. The van der Waals surface area contributed by atoms with E-state index in [-0.39, 0.29) is 23.3 Å². The molecule has 0 aliphatic heterocycles. The highest BCUT2D eigenvalue weighted by molar-refractivity contribution is 7.04. The molecule has 6 heteroatoms. The van der Waals surface area contributed by atoms with Crippen molar-refractivity contribution in [1.82, 2.24) is 9.27 Å². The zero-order valence-electron chi connectivity index (χ0n) is 19.5. The number of nitrogens with zero attached hydrogens (tertiary/aromatic N) is 2. The zero-order chi connectivity index (χ0) is 22.0. The van der Waals surface area contributed by atoms with Crippen LogP contribution >= 0.6 is 11.5 Å². The van der Waals surface area contributed by atoms with Crippen LogP contribution in [0, 0.1) is 16.7 Å². The molecule has 1 aliphatic carbocycles. The number of carbonyl (C=O) groups is 2. The van der Waals surface area contributed by atoms with Crippen LogP contribution in [-0.2, 0) is 21.5 Å². The number of nitrogens with one attached hydrogen (secondary N) is 1. The van der Waals surface area contributed by atoms with Crippen LogP contribution in [0.25, 0.3) is 0 Å². The number of rotatable bonds is 6. The first-order valence-electron chi connectivity index (χ1n) is 11.0. The van der Waals surface area contributed by atoms with Gasteiger partial charge in [-0.25, -0.2) is 4.99 Å². The van der Waals surface area contributed by atoms with E-state index in [1.54, 1.807) is 11.5 Å². The Bertz CT molecular complexity index is 813. The predicted octanol–water partition coefficient (Wildman–Crippen LogP) is 4.65. The molecule has 1 heterocycles. The summed E-state index contributed by atoms with van der Waals surface area (Å²) < 4.78 is 3.03. The van der Waals surface area contributed by atoms with Crippen LogP contribution in [0.4, 0.5) is 0 Å². The lowest BCUT2D eigenvalue weighted by molar-refractivity contribution is -0.138. The van der Waals surface area contributed by atoms with Crippen molar-refractivity contribution >= 4 is 23.3 Å². The molecule has 2 unspecified atom stereocenters. The summed E-state index contributed by atoms with van der Waals surface area (Å²) in [5, 5.41) is 2.96. The van der Waals surface area contributed by atoms with Crippen LogP contribution in [0.3, 0.4) is 0 Å². The van der Waals surface area contributed by atoms with Gasteiger partial charge in [0.2, 0.25) is 5.91 Å². The van der Waals surface area contributed by atoms with E-state index in [0.717, 1.165) is 29.5 Å². The molecule has 2 atom stereocenters. The summed E-state index contributed by atoms with van der Waals surface area (Å²) in [7, 11) is 0. The predicted molar refractivity (Wildman–Crippen MR) is 120 cm³/mol. The lowest BCUT2D eigenvalue weighted by Crippen LogP contribution is -2.48. The van der Waals surface area contributed by atoms with Gasteiger partial charge >= 0.3 is 0 Å². The van der Waals surface area contributed by atoms with Gasteiger partial charge in [-0.1, -0.05) is 34.1 Å². The Morgan fingerprint density at radius 2 is 1.93 bits per heavy atom. The Kier molecular flexibility index (Phi) is 7.19. The van der Waals surface area contributed by atoms with Gasteiger partial charge in [0.15, 0.2) is 0 Å². The van der Waals surface area contributed by atoms with Crippen molar-refractivity contribution in [3.8, 4) is 0 Å². The largest absolute Gasteiger partial charge is 0.356 e. The quantitative estimate of drug-likeness (QED) is 0.726. The second-order valence-electron chi connectivity index (χ2n) is 10.1. The van der Waals surface area contributed by atoms with Crippen molar-refractivity contribution in [3.63, 3.8) is 0 Å². The number of hydrogen-bond acceptors (Lipinski definition) is 3. The van der Waals surface area contributed by atoms with E-state index >= 15 is 0 Å². The summed E-state index contributed by atoms with van der Waals surface area (Å²) >= 11 is 1.57. The fraction of sp³-hybridized carbons (Fsp3) is 0.783. The highest BCUT2D eigenvalue weighted by atomic mass is 32.1. The number of hydrogen-bond donors (Lipinski definition) is 1. The standard InChI is InChI=1S/C23H39N3O2S/c1-9-11-12-16-15-26(21(3,4)5)29-19(16)25-18(27)17-13-14-23(8,22(17,6)7)20(28)24-10-2/h15,17H,9-14H2,1-8H3,(H,24,28). The van der Waals surface area contributed by atoms with Gasteiger partial charge < -0.3 is 5.32 Å². The van der Waals surface area contributed by atoms with Crippen molar-refractivity contribution in [3.05, 3.63) is 16.4 Å². The molecule has 29 heavy (non-hydrogen) atoms. The first-order chi connectivity index (χ1) is 13.4. The Labute approximate surface area is 180 Å². The molecule has 0 bridgehead atoms. The van der Waals surface area contributed by atoms with Gasteiger partial charge in [0.05, 0.1) is 5.41 Å². The molecular weight excluding hydrogens is 382 g/mol. The second-order valence-corrected chi connectivity index (χ2v) is 11.1. The maximum Gasteiger partial charge on any atom is 0.250 e. The first-order valence-corrected chi connectivity index (χ1v) is 11.7. The van der Waals surface area contributed by atoms with Crippen LogP contribution in [-0.4, -0.2) is 22.3 Å². The number of carbonyl (C=O) groups excluding carboxylic acids is 2. The zero-order valence-corrected chi connectivity index (χ0v) is 20.3. The molecule has 1 aromatic rings. The topological polar surface area (TPSA) is 63.5 Å². The molecule has 2 rings (SSSR count). The molecule has 1 aliphatic rings. The van der Waals surface area contributed by atoms with Gasteiger partial charge in [-0.3, -0.25) is 13.5 Å². The summed E-state index contributed by atoms with van der Waals surface area (Å²) in [6, 6.07) is 0. The van der Waals surface area contributed by atoms with E-state index in [2.05, 4.69) is 62.0 Å². The van der Waals surface area contributed by atoms with Gasteiger partial charge in [-0.15, -0.1) is 0 Å². The Morgan fingerprint density at radius 3 is 2.48 bits per heavy atom. The lowest BCUT2D eigenvalue weighted by Gasteiger charge is -2.39. The van der Waals surface area contributed by atoms with Crippen LogP contribution in [0.2, 0.25) is 0 Å². The van der Waals surface area contributed by atoms with E-state index in [1.165, 1.54) is 0 Å². The van der Waals surface area contributed by atoms with Crippen molar-refractivity contribution < 1.29 is 9.59 Å². The smallest absolute Gasteiger partial charge is 0.250 e. The third kappa shape index (κ3) is 4.68. The number of unbranched alkanes of at least 4 members (excludes halogenated alkanes) is 1. The first kappa shape index (κ1) is 23.8. The van der Waals surface area contributed by atoms with E-state index in [9.17, 15) is 9.59 Å². The van der Waals surface area contributed by atoms with E-state index in [4.69, 9.17) is 0 Å². The second kappa shape index (κ2) is 8.75. The molecule has 1 fully saturated rings. The molecule has 1 N–H and O–H groups in total. The molecule has 0 spiro atoms. The summed E-state index contributed by atoms with van der Waals surface area (Å²) in [4.78, 5) is 30.6. The highest BCUT2D eigenvalue weighted by Crippen LogP contribution is 2.56. The molecule has 1 saturated carbocycles. The molecule has 2 amide bonds. The number of aryl methyl sites for hydroxylation is 1. The SMILES string of the molecule is CCCCc1cn(C(C)(C)C)sc1=NC(=O)C1CCC(C)(C(=O)NCC)C1(C)C. The third-order valence-electron chi connectivity index (χ3n) is 6.77. The van der Waals surface area contributed by atoms with E-state index in [1.807, 2.05) is 13.8 Å². The molecule has 164 valence electrons. The summed E-state index contributed by atoms with van der Waals surface area (Å²) in [6.07, 6.45) is 6.71. The molecule has 1 aromatic heterocycles.